The van der Waals surface area contributed by atoms with Gasteiger partial charge in [0.2, 0.25) is 0 Å². The highest BCUT2D eigenvalue weighted by atomic mass is 17.2. The van der Waals surface area contributed by atoms with E-state index in [-0.39, 0.29) is 17.3 Å². The Morgan fingerprint density at radius 2 is 1.27 bits per heavy atom. The van der Waals surface area contributed by atoms with Crippen LogP contribution in [0.25, 0.3) is 0 Å². The number of hydrogen-bond acceptors (Lipinski definition) is 6. The maximum atomic E-state index is 12.1. The Morgan fingerprint density at radius 3 is 1.82 bits per heavy atom. The molecule has 1 N–H and O–H groups in total. The molecule has 6 nitrogen and oxygen atoms in total. The van der Waals surface area contributed by atoms with Gasteiger partial charge in [0.25, 0.3) is 0 Å². The molecule has 0 aliphatic rings. The van der Waals surface area contributed by atoms with E-state index in [1.165, 1.54) is 6.42 Å². The smallest absolute Gasteiger partial charge is 0.301 e. The van der Waals surface area contributed by atoms with Crippen molar-refractivity contribution >= 4 is 11.9 Å². The molecular weight excluding hydrogens is 552 g/mol. The number of para-hydroxylation sites is 1. The van der Waals surface area contributed by atoms with Crippen molar-refractivity contribution in [3.63, 3.8) is 0 Å². The molecule has 0 amide bonds. The van der Waals surface area contributed by atoms with E-state index in [1.807, 2.05) is 68.4 Å². The second kappa shape index (κ2) is 18.8. The Bertz CT molecular complexity index is 1090. The molecule has 0 bridgehead atoms. The first-order valence-corrected chi connectivity index (χ1v) is 16.3. The first kappa shape index (κ1) is 39.2. The van der Waals surface area contributed by atoms with E-state index in [4.69, 9.17) is 15.0 Å². The van der Waals surface area contributed by atoms with Gasteiger partial charge in [-0.1, -0.05) is 143 Å². The number of carbonyl (C=O) groups excluding carboxylic acids is 2. The average Bonchev–Trinajstić information content (AvgIpc) is 2.95. The predicted octanol–water partition coefficient (Wildman–Crippen LogP) is 10.8. The summed E-state index contributed by atoms with van der Waals surface area (Å²) in [6, 6.07) is 17.6. The summed E-state index contributed by atoms with van der Waals surface area (Å²) in [5, 5.41) is 8.85. The molecule has 0 heterocycles. The van der Waals surface area contributed by atoms with Crippen LogP contribution < -0.4 is 4.89 Å². The summed E-state index contributed by atoms with van der Waals surface area (Å²) >= 11 is 0. The van der Waals surface area contributed by atoms with Crippen molar-refractivity contribution in [3.8, 4) is 5.75 Å². The summed E-state index contributed by atoms with van der Waals surface area (Å²) in [7, 11) is 0. The van der Waals surface area contributed by atoms with Crippen molar-refractivity contribution in [2.45, 2.75) is 138 Å². The van der Waals surface area contributed by atoms with Gasteiger partial charge in [0.1, 0.15) is 0 Å². The van der Waals surface area contributed by atoms with Gasteiger partial charge in [0, 0.05) is 11.0 Å². The highest BCUT2D eigenvalue weighted by Crippen LogP contribution is 2.36. The highest BCUT2D eigenvalue weighted by molar-refractivity contribution is 5.74. The van der Waals surface area contributed by atoms with E-state index >= 15 is 0 Å². The standard InChI is InChI=1S/2C19H30O3/c1-15(2)16-11-8-9-12-17(16)21-22-18(20)13-7-6-10-14-19(3,4)5;1-18(2,3)14-10-9-13-16(17(20)22-21)19(4,5)15-11-7-6-8-12-15/h8-9,11-12,15H,6-7,10,13-14H2,1-5H3;6-8,11-12,16,21H,9-10,13-14H2,1-5H3. The predicted molar refractivity (Wildman–Crippen MR) is 179 cm³/mol. The van der Waals surface area contributed by atoms with E-state index in [1.54, 1.807) is 0 Å². The number of benzene rings is 2. The largest absolute Gasteiger partial charge is 0.355 e. The summed E-state index contributed by atoms with van der Waals surface area (Å²) in [5.41, 5.74) is 2.43. The molecule has 2 aromatic rings. The van der Waals surface area contributed by atoms with Gasteiger partial charge in [0.15, 0.2) is 5.75 Å². The summed E-state index contributed by atoms with van der Waals surface area (Å²) in [5.74, 6) is -0.232. The van der Waals surface area contributed by atoms with Gasteiger partial charge in [-0.25, -0.2) is 9.59 Å². The van der Waals surface area contributed by atoms with Crippen molar-refractivity contribution in [2.75, 3.05) is 0 Å². The van der Waals surface area contributed by atoms with Gasteiger partial charge in [-0.2, -0.15) is 5.26 Å². The molecule has 1 unspecified atom stereocenters. The van der Waals surface area contributed by atoms with Crippen LogP contribution in [0, 0.1) is 16.7 Å². The van der Waals surface area contributed by atoms with Gasteiger partial charge >= 0.3 is 11.9 Å². The van der Waals surface area contributed by atoms with Gasteiger partial charge in [-0.3, -0.25) is 9.78 Å². The molecule has 0 fully saturated rings. The van der Waals surface area contributed by atoms with Crippen LogP contribution in [0.2, 0.25) is 0 Å². The van der Waals surface area contributed by atoms with E-state index in [9.17, 15) is 9.59 Å². The van der Waals surface area contributed by atoms with Crippen LogP contribution in [0.5, 0.6) is 5.75 Å². The molecular formula is C38H60O6. The molecule has 0 aromatic heterocycles. The Balaban J connectivity index is 0.000000440. The zero-order valence-electron chi connectivity index (χ0n) is 29.2. The fraction of sp³-hybridized carbons (Fsp3) is 0.632. The van der Waals surface area contributed by atoms with Crippen molar-refractivity contribution in [3.05, 3.63) is 65.7 Å². The Hall–Kier alpha value is -2.86. The topological polar surface area (TPSA) is 82.1 Å². The minimum atomic E-state index is -0.537. The molecule has 0 radical (unpaired) electrons. The van der Waals surface area contributed by atoms with E-state index < -0.39 is 5.97 Å². The van der Waals surface area contributed by atoms with Gasteiger partial charge < -0.3 is 4.89 Å². The minimum absolute atomic E-state index is 0.297. The molecule has 6 heteroatoms. The molecule has 0 spiro atoms. The summed E-state index contributed by atoms with van der Waals surface area (Å²) in [6.07, 6.45) is 8.51. The minimum Gasteiger partial charge on any atom is -0.301 e. The second-order valence-corrected chi connectivity index (χ2v) is 15.2. The lowest BCUT2D eigenvalue weighted by atomic mass is 9.71. The van der Waals surface area contributed by atoms with Crippen LogP contribution in [0.4, 0.5) is 0 Å². The van der Waals surface area contributed by atoms with Gasteiger partial charge in [-0.15, -0.1) is 0 Å². The normalized spacial score (nSPS) is 12.6. The second-order valence-electron chi connectivity index (χ2n) is 15.2. The number of carbonyl (C=O) groups is 2. The maximum absolute atomic E-state index is 12.1. The van der Waals surface area contributed by atoms with Gasteiger partial charge in [-0.05, 0) is 54.1 Å². The molecule has 0 aliphatic carbocycles. The van der Waals surface area contributed by atoms with Gasteiger partial charge in [0.05, 0.1) is 12.3 Å². The third-order valence-corrected chi connectivity index (χ3v) is 8.01. The Labute approximate surface area is 267 Å². The van der Waals surface area contributed by atoms with Crippen LogP contribution in [-0.2, 0) is 24.8 Å². The molecule has 248 valence electrons. The maximum Gasteiger partial charge on any atom is 0.355 e. The number of rotatable bonds is 15. The fourth-order valence-corrected chi connectivity index (χ4v) is 5.18. The molecule has 0 saturated carbocycles. The van der Waals surface area contributed by atoms with Crippen LogP contribution in [0.1, 0.15) is 144 Å². The van der Waals surface area contributed by atoms with Crippen LogP contribution in [-0.4, -0.2) is 17.2 Å². The SMILES string of the molecule is CC(C)(C)CCCCC(C(=O)OO)C(C)(C)c1ccccc1.CC(C)c1ccccc1OOC(=O)CCCCCC(C)(C)C. The number of hydrogen-bond donors (Lipinski definition) is 1. The molecule has 2 rings (SSSR count). The van der Waals surface area contributed by atoms with Crippen LogP contribution in [0.15, 0.2) is 54.6 Å². The zero-order valence-corrected chi connectivity index (χ0v) is 29.2. The van der Waals surface area contributed by atoms with Crippen molar-refractivity contribution in [1.82, 2.24) is 0 Å². The first-order chi connectivity index (χ1) is 20.5. The third-order valence-electron chi connectivity index (χ3n) is 8.01. The highest BCUT2D eigenvalue weighted by Gasteiger charge is 2.37. The third kappa shape index (κ3) is 15.7. The average molecular weight is 613 g/mol. The van der Waals surface area contributed by atoms with Crippen LogP contribution in [0.3, 0.4) is 0 Å². The number of unbranched alkanes of at least 4 members (excludes halogenated alkanes) is 3. The monoisotopic (exact) mass is 612 g/mol. The fourth-order valence-electron chi connectivity index (χ4n) is 5.18. The Morgan fingerprint density at radius 1 is 0.727 bits per heavy atom. The van der Waals surface area contributed by atoms with E-state index in [0.717, 1.165) is 56.1 Å². The van der Waals surface area contributed by atoms with E-state index in [0.29, 0.717) is 28.9 Å². The molecule has 0 aliphatic heterocycles. The van der Waals surface area contributed by atoms with Crippen molar-refractivity contribution in [1.29, 1.82) is 0 Å². The molecule has 0 saturated heterocycles. The quantitative estimate of drug-likeness (QED) is 0.122. The lowest BCUT2D eigenvalue weighted by Gasteiger charge is -2.32. The van der Waals surface area contributed by atoms with E-state index in [2.05, 4.69) is 60.3 Å². The molecule has 2 aromatic carbocycles. The summed E-state index contributed by atoms with van der Waals surface area (Å²) < 4.78 is 0. The van der Waals surface area contributed by atoms with Crippen molar-refractivity contribution < 1.29 is 29.5 Å². The van der Waals surface area contributed by atoms with Crippen LogP contribution >= 0.6 is 0 Å². The lowest BCUT2D eigenvalue weighted by molar-refractivity contribution is -0.241. The lowest BCUT2D eigenvalue weighted by Crippen LogP contribution is -2.35. The summed E-state index contributed by atoms with van der Waals surface area (Å²) in [6.45, 7) is 21.6. The summed E-state index contributed by atoms with van der Waals surface area (Å²) in [4.78, 5) is 38.0. The zero-order chi connectivity index (χ0) is 33.4. The Kier molecular flexibility index (Phi) is 16.8. The molecule has 1 atom stereocenters. The molecule has 44 heavy (non-hydrogen) atoms. The first-order valence-electron chi connectivity index (χ1n) is 16.3. The van der Waals surface area contributed by atoms with Crippen molar-refractivity contribution in [2.24, 2.45) is 16.7 Å².